The molecule has 1 atom stereocenters. The van der Waals surface area contributed by atoms with E-state index >= 15 is 0 Å². The second-order valence-electron chi connectivity index (χ2n) is 5.50. The molecule has 1 aromatic carbocycles. The van der Waals surface area contributed by atoms with Crippen molar-refractivity contribution >= 4 is 18.1 Å². The first kappa shape index (κ1) is 18.7. The molecule has 7 heteroatoms. The van der Waals surface area contributed by atoms with Gasteiger partial charge in [-0.05, 0) is 45.5 Å². The number of nitro benzene ring substituents is 1. The fourth-order valence-electron chi connectivity index (χ4n) is 2.84. The Labute approximate surface area is 137 Å². The van der Waals surface area contributed by atoms with Gasteiger partial charge in [0, 0.05) is 30.3 Å². The summed E-state index contributed by atoms with van der Waals surface area (Å²) < 4.78 is 5.33. The van der Waals surface area contributed by atoms with Crippen LogP contribution in [0.25, 0.3) is 0 Å². The quantitative estimate of drug-likeness (QED) is 0.664. The maximum Gasteiger partial charge on any atom is 0.270 e. The number of hydrogen-bond donors (Lipinski definition) is 1. The van der Waals surface area contributed by atoms with Crippen LogP contribution in [0.1, 0.15) is 24.8 Å². The maximum absolute atomic E-state index is 10.9. The average molecular weight is 330 g/mol. The summed E-state index contributed by atoms with van der Waals surface area (Å²) in [6, 6.07) is 5.28. The van der Waals surface area contributed by atoms with E-state index in [2.05, 4.69) is 17.3 Å². The van der Waals surface area contributed by atoms with Crippen LogP contribution in [-0.2, 0) is 6.54 Å². The van der Waals surface area contributed by atoms with Crippen LogP contribution >= 0.6 is 12.4 Å². The molecule has 1 N–H and O–H groups in total. The maximum atomic E-state index is 10.9. The Morgan fingerprint density at radius 1 is 1.41 bits per heavy atom. The van der Waals surface area contributed by atoms with E-state index in [9.17, 15) is 10.1 Å². The lowest BCUT2D eigenvalue weighted by Gasteiger charge is -2.27. The second-order valence-corrected chi connectivity index (χ2v) is 5.50. The normalized spacial score (nSPS) is 18.4. The van der Waals surface area contributed by atoms with E-state index < -0.39 is 0 Å². The molecule has 0 aromatic heterocycles. The van der Waals surface area contributed by atoms with Crippen LogP contribution in [0.15, 0.2) is 18.2 Å². The van der Waals surface area contributed by atoms with Gasteiger partial charge in [-0.1, -0.05) is 0 Å². The highest BCUT2D eigenvalue weighted by Gasteiger charge is 2.19. The standard InChI is InChI=1S/C15H23N3O3.ClH/c1-17(13-4-3-8-16-9-7-13)11-12-10-14(18(19)20)5-6-15(12)21-2;/h5-6,10,13,16H,3-4,7-9,11H2,1-2H3;1H. The van der Waals surface area contributed by atoms with Crippen molar-refractivity contribution in [2.45, 2.75) is 31.8 Å². The Morgan fingerprint density at radius 3 is 2.86 bits per heavy atom. The molecule has 0 spiro atoms. The number of benzene rings is 1. The highest BCUT2D eigenvalue weighted by atomic mass is 35.5. The van der Waals surface area contributed by atoms with Crippen molar-refractivity contribution in [3.05, 3.63) is 33.9 Å². The van der Waals surface area contributed by atoms with Crippen LogP contribution < -0.4 is 10.1 Å². The fraction of sp³-hybridized carbons (Fsp3) is 0.600. The summed E-state index contributed by atoms with van der Waals surface area (Å²) in [6.45, 7) is 2.76. The first-order chi connectivity index (χ1) is 10.1. The minimum atomic E-state index is -0.363. The van der Waals surface area contributed by atoms with Crippen LogP contribution in [0.3, 0.4) is 0 Å². The van der Waals surface area contributed by atoms with Crippen molar-refractivity contribution < 1.29 is 9.66 Å². The molecule has 0 amide bonds. The Hall–Kier alpha value is -1.37. The molecule has 6 nitrogen and oxygen atoms in total. The van der Waals surface area contributed by atoms with Crippen LogP contribution in [0.4, 0.5) is 5.69 Å². The van der Waals surface area contributed by atoms with Crippen molar-refractivity contribution in [3.63, 3.8) is 0 Å². The number of nitrogens with one attached hydrogen (secondary N) is 1. The molecule has 1 aromatic rings. The van der Waals surface area contributed by atoms with Crippen molar-refractivity contribution in [2.24, 2.45) is 0 Å². The molecule has 0 saturated carbocycles. The van der Waals surface area contributed by atoms with E-state index in [1.54, 1.807) is 19.2 Å². The highest BCUT2D eigenvalue weighted by molar-refractivity contribution is 5.85. The van der Waals surface area contributed by atoms with Gasteiger partial charge in [-0.25, -0.2) is 0 Å². The number of nitro groups is 1. The Bertz CT molecular complexity index is 491. The second kappa shape index (κ2) is 8.92. The van der Waals surface area contributed by atoms with Gasteiger partial charge < -0.3 is 10.1 Å². The third kappa shape index (κ3) is 4.83. The SMILES string of the molecule is COc1ccc([N+](=O)[O-])cc1CN(C)C1CCCNCC1.Cl. The molecule has 2 rings (SSSR count). The summed E-state index contributed by atoms with van der Waals surface area (Å²) in [4.78, 5) is 12.8. The number of rotatable bonds is 5. The zero-order chi connectivity index (χ0) is 15.2. The number of non-ortho nitro benzene ring substituents is 1. The third-order valence-corrected chi connectivity index (χ3v) is 4.06. The molecule has 1 aliphatic heterocycles. The molecule has 0 aliphatic carbocycles. The summed E-state index contributed by atoms with van der Waals surface area (Å²) >= 11 is 0. The lowest BCUT2D eigenvalue weighted by Crippen LogP contribution is -2.32. The molecular formula is C15H24ClN3O3. The first-order valence-corrected chi connectivity index (χ1v) is 7.34. The number of ether oxygens (including phenoxy) is 1. The molecule has 1 aliphatic rings. The highest BCUT2D eigenvalue weighted by Crippen LogP contribution is 2.26. The minimum Gasteiger partial charge on any atom is -0.496 e. The van der Waals surface area contributed by atoms with E-state index in [1.165, 1.54) is 12.5 Å². The van der Waals surface area contributed by atoms with Gasteiger partial charge in [0.25, 0.3) is 5.69 Å². The van der Waals surface area contributed by atoms with Crippen molar-refractivity contribution in [2.75, 3.05) is 27.2 Å². The molecule has 0 radical (unpaired) electrons. The first-order valence-electron chi connectivity index (χ1n) is 7.34. The van der Waals surface area contributed by atoms with Crippen molar-refractivity contribution in [3.8, 4) is 5.75 Å². The summed E-state index contributed by atoms with van der Waals surface area (Å²) in [6.07, 6.45) is 3.43. The number of methoxy groups -OCH3 is 1. The van der Waals surface area contributed by atoms with E-state index in [1.807, 2.05) is 0 Å². The van der Waals surface area contributed by atoms with E-state index in [0.717, 1.165) is 31.5 Å². The van der Waals surface area contributed by atoms with Gasteiger partial charge in [-0.2, -0.15) is 0 Å². The summed E-state index contributed by atoms with van der Waals surface area (Å²) in [5, 5.41) is 14.3. The Balaban J connectivity index is 0.00000242. The molecular weight excluding hydrogens is 306 g/mol. The summed E-state index contributed by atoms with van der Waals surface area (Å²) in [7, 11) is 3.68. The van der Waals surface area contributed by atoms with Gasteiger partial charge in [0.2, 0.25) is 0 Å². The molecule has 1 fully saturated rings. The van der Waals surface area contributed by atoms with Crippen LogP contribution in [0.2, 0.25) is 0 Å². The third-order valence-electron chi connectivity index (χ3n) is 4.06. The van der Waals surface area contributed by atoms with E-state index in [0.29, 0.717) is 18.3 Å². The van der Waals surface area contributed by atoms with Gasteiger partial charge in [0.15, 0.2) is 0 Å². The van der Waals surface area contributed by atoms with Gasteiger partial charge in [0.05, 0.1) is 12.0 Å². The van der Waals surface area contributed by atoms with Gasteiger partial charge in [-0.3, -0.25) is 15.0 Å². The van der Waals surface area contributed by atoms with E-state index in [4.69, 9.17) is 4.74 Å². The van der Waals surface area contributed by atoms with Crippen molar-refractivity contribution in [1.29, 1.82) is 0 Å². The Morgan fingerprint density at radius 2 is 2.18 bits per heavy atom. The fourth-order valence-corrected chi connectivity index (χ4v) is 2.84. The van der Waals surface area contributed by atoms with Gasteiger partial charge in [0.1, 0.15) is 5.75 Å². The van der Waals surface area contributed by atoms with Crippen LogP contribution in [0, 0.1) is 10.1 Å². The number of hydrogen-bond acceptors (Lipinski definition) is 5. The summed E-state index contributed by atoms with van der Waals surface area (Å²) in [5.41, 5.74) is 0.980. The number of halogens is 1. The lowest BCUT2D eigenvalue weighted by atomic mass is 10.1. The molecule has 1 saturated heterocycles. The largest absolute Gasteiger partial charge is 0.496 e. The molecule has 1 unspecified atom stereocenters. The van der Waals surface area contributed by atoms with Gasteiger partial charge >= 0.3 is 0 Å². The molecule has 22 heavy (non-hydrogen) atoms. The van der Waals surface area contributed by atoms with Crippen molar-refractivity contribution in [1.82, 2.24) is 10.2 Å². The van der Waals surface area contributed by atoms with Crippen LogP contribution in [-0.4, -0.2) is 43.1 Å². The number of nitrogens with zero attached hydrogens (tertiary/aromatic N) is 2. The monoisotopic (exact) mass is 329 g/mol. The smallest absolute Gasteiger partial charge is 0.270 e. The average Bonchev–Trinajstić information content (AvgIpc) is 2.76. The van der Waals surface area contributed by atoms with Crippen LogP contribution in [0.5, 0.6) is 5.75 Å². The topological polar surface area (TPSA) is 67.6 Å². The predicted octanol–water partition coefficient (Wildman–Crippen LogP) is 2.60. The zero-order valence-corrected chi connectivity index (χ0v) is 13.9. The molecule has 1 heterocycles. The Kier molecular flexibility index (Phi) is 7.58. The van der Waals surface area contributed by atoms with E-state index in [-0.39, 0.29) is 23.0 Å². The predicted molar refractivity (Wildman–Crippen MR) is 88.9 cm³/mol. The van der Waals surface area contributed by atoms with Gasteiger partial charge in [-0.15, -0.1) is 12.4 Å². The summed E-state index contributed by atoms with van der Waals surface area (Å²) in [5.74, 6) is 0.708. The minimum absolute atomic E-state index is 0. The molecule has 0 bridgehead atoms. The molecule has 124 valence electrons. The zero-order valence-electron chi connectivity index (χ0n) is 13.1. The lowest BCUT2D eigenvalue weighted by molar-refractivity contribution is -0.385.